The van der Waals surface area contributed by atoms with Gasteiger partial charge in [-0.2, -0.15) is 0 Å². The van der Waals surface area contributed by atoms with E-state index < -0.39 is 0 Å². The van der Waals surface area contributed by atoms with Crippen molar-refractivity contribution in [2.24, 2.45) is 4.99 Å². The van der Waals surface area contributed by atoms with Gasteiger partial charge in [-0.25, -0.2) is 4.39 Å². The minimum absolute atomic E-state index is 0.0987. The summed E-state index contributed by atoms with van der Waals surface area (Å²) >= 11 is 0. The Bertz CT molecular complexity index is 817. The van der Waals surface area contributed by atoms with Crippen molar-refractivity contribution in [2.75, 3.05) is 38.1 Å². The smallest absolute Gasteiger partial charge is 0.274 e. The van der Waals surface area contributed by atoms with E-state index >= 15 is 0 Å². The van der Waals surface area contributed by atoms with Crippen LogP contribution in [0.5, 0.6) is 0 Å². The minimum atomic E-state index is -0.374. The molecule has 0 saturated carbocycles. The van der Waals surface area contributed by atoms with Gasteiger partial charge in [0.25, 0.3) is 5.69 Å². The highest BCUT2D eigenvalue weighted by Gasteiger charge is 2.20. The number of anilines is 1. The van der Waals surface area contributed by atoms with Crippen LogP contribution in [0.3, 0.4) is 0 Å². The van der Waals surface area contributed by atoms with Crippen molar-refractivity contribution in [3.63, 3.8) is 0 Å². The van der Waals surface area contributed by atoms with E-state index in [1.165, 1.54) is 18.2 Å². The Morgan fingerprint density at radius 1 is 1.15 bits per heavy atom. The Morgan fingerprint density at radius 3 is 2.44 bits per heavy atom. The van der Waals surface area contributed by atoms with Gasteiger partial charge < -0.3 is 15.1 Å². The van der Waals surface area contributed by atoms with E-state index in [0.717, 1.165) is 31.9 Å². The number of nitrogens with zero attached hydrogens (tertiary/aromatic N) is 4. The largest absolute Gasteiger partial charge is 0.368 e. The van der Waals surface area contributed by atoms with Crippen LogP contribution in [0.1, 0.15) is 5.56 Å². The fourth-order valence-corrected chi connectivity index (χ4v) is 3.17. The van der Waals surface area contributed by atoms with Gasteiger partial charge in [-0.05, 0) is 24.3 Å². The van der Waals surface area contributed by atoms with Crippen LogP contribution in [0.15, 0.2) is 53.5 Å². The number of benzene rings is 2. The summed E-state index contributed by atoms with van der Waals surface area (Å²) in [7, 11) is 1.70. The molecule has 0 unspecified atom stereocenters. The molecule has 0 aromatic heterocycles. The molecule has 1 aliphatic rings. The number of nitrogens with one attached hydrogen (secondary N) is 1. The number of hydrogen-bond acceptors (Lipinski definition) is 4. The maximum absolute atomic E-state index is 13.1. The number of halogens is 1. The summed E-state index contributed by atoms with van der Waals surface area (Å²) in [4.78, 5) is 19.4. The predicted molar refractivity (Wildman–Crippen MR) is 103 cm³/mol. The second-order valence-electron chi connectivity index (χ2n) is 6.24. The first-order valence-corrected chi connectivity index (χ1v) is 8.77. The quantitative estimate of drug-likeness (QED) is 0.387. The first kappa shape index (κ1) is 18.6. The predicted octanol–water partition coefficient (Wildman–Crippen LogP) is 2.63. The van der Waals surface area contributed by atoms with Crippen LogP contribution < -0.4 is 10.2 Å². The van der Waals surface area contributed by atoms with Crippen LogP contribution in [0.2, 0.25) is 0 Å². The van der Waals surface area contributed by atoms with Crippen LogP contribution in [0, 0.1) is 15.9 Å². The Labute approximate surface area is 157 Å². The molecule has 1 aliphatic heterocycles. The lowest BCUT2D eigenvalue weighted by Crippen LogP contribution is -2.52. The summed E-state index contributed by atoms with van der Waals surface area (Å²) in [5.74, 6) is 0.476. The zero-order valence-corrected chi connectivity index (χ0v) is 15.1. The minimum Gasteiger partial charge on any atom is -0.368 e. The number of para-hydroxylation sites is 1. The number of hydrogen-bond donors (Lipinski definition) is 1. The van der Waals surface area contributed by atoms with E-state index in [1.54, 1.807) is 37.4 Å². The average molecular weight is 371 g/mol. The molecular formula is C19H22FN5O2. The summed E-state index contributed by atoms with van der Waals surface area (Å²) in [6, 6.07) is 13.2. The highest BCUT2D eigenvalue weighted by Crippen LogP contribution is 2.18. The van der Waals surface area contributed by atoms with Crippen LogP contribution in [0.4, 0.5) is 15.8 Å². The van der Waals surface area contributed by atoms with E-state index in [-0.39, 0.29) is 16.4 Å². The maximum atomic E-state index is 13.1. The number of nitro groups is 1. The molecule has 0 aliphatic carbocycles. The first-order chi connectivity index (χ1) is 13.1. The van der Waals surface area contributed by atoms with Gasteiger partial charge in [0.1, 0.15) is 5.82 Å². The number of guanidine groups is 1. The van der Waals surface area contributed by atoms with Crippen molar-refractivity contribution < 1.29 is 9.31 Å². The third kappa shape index (κ3) is 4.52. The van der Waals surface area contributed by atoms with Crippen LogP contribution in [-0.4, -0.2) is 49.0 Å². The van der Waals surface area contributed by atoms with Gasteiger partial charge in [0, 0.05) is 57.1 Å². The summed E-state index contributed by atoms with van der Waals surface area (Å²) < 4.78 is 13.1. The van der Waals surface area contributed by atoms with Gasteiger partial charge in [0.05, 0.1) is 4.92 Å². The molecule has 0 atom stereocenters. The van der Waals surface area contributed by atoms with E-state index in [1.807, 2.05) is 0 Å². The fraction of sp³-hybridized carbons (Fsp3) is 0.316. The lowest BCUT2D eigenvalue weighted by atomic mass is 10.2. The molecule has 1 fully saturated rings. The molecule has 27 heavy (non-hydrogen) atoms. The van der Waals surface area contributed by atoms with Crippen LogP contribution in [0.25, 0.3) is 0 Å². The summed E-state index contributed by atoms with van der Waals surface area (Å²) in [5, 5.41) is 14.4. The second kappa shape index (κ2) is 8.48. The first-order valence-electron chi connectivity index (χ1n) is 8.77. The van der Waals surface area contributed by atoms with Crippen molar-refractivity contribution in [3.05, 3.63) is 70.0 Å². The van der Waals surface area contributed by atoms with Crippen molar-refractivity contribution in [3.8, 4) is 0 Å². The summed E-state index contributed by atoms with van der Waals surface area (Å²) in [5.41, 5.74) is 1.72. The normalized spacial score (nSPS) is 15.0. The molecule has 8 heteroatoms. The van der Waals surface area contributed by atoms with E-state index in [9.17, 15) is 14.5 Å². The molecule has 142 valence electrons. The molecule has 0 amide bonds. The van der Waals surface area contributed by atoms with Gasteiger partial charge in [-0.1, -0.05) is 18.2 Å². The van der Waals surface area contributed by atoms with Gasteiger partial charge in [0.15, 0.2) is 5.96 Å². The maximum Gasteiger partial charge on any atom is 0.274 e. The standard InChI is InChI=1S/C19H22FN5O2/c1-21-19(22-14-15-4-2-3-5-18(15)25(26)27)24-12-10-23(11-13-24)17-8-6-16(20)7-9-17/h2-9H,10-14H2,1H3,(H,21,22). The number of aliphatic imine (C=N–C) groups is 1. The molecule has 2 aromatic carbocycles. The fourth-order valence-electron chi connectivity index (χ4n) is 3.17. The lowest BCUT2D eigenvalue weighted by Gasteiger charge is -2.37. The lowest BCUT2D eigenvalue weighted by molar-refractivity contribution is -0.385. The Balaban J connectivity index is 1.58. The van der Waals surface area contributed by atoms with Crippen LogP contribution in [-0.2, 0) is 6.54 Å². The van der Waals surface area contributed by atoms with Crippen molar-refractivity contribution in [2.45, 2.75) is 6.54 Å². The summed E-state index contributed by atoms with van der Waals surface area (Å²) in [6.45, 7) is 3.43. The molecule has 0 bridgehead atoms. The van der Waals surface area contributed by atoms with Crippen molar-refractivity contribution in [1.29, 1.82) is 0 Å². The third-order valence-electron chi connectivity index (χ3n) is 4.61. The molecular weight excluding hydrogens is 349 g/mol. The Morgan fingerprint density at radius 2 is 1.81 bits per heavy atom. The zero-order valence-electron chi connectivity index (χ0n) is 15.1. The number of nitro benzene ring substituents is 1. The van der Waals surface area contributed by atoms with E-state index in [2.05, 4.69) is 20.1 Å². The molecule has 7 nitrogen and oxygen atoms in total. The molecule has 0 radical (unpaired) electrons. The molecule has 3 rings (SSSR count). The second-order valence-corrected chi connectivity index (χ2v) is 6.24. The SMILES string of the molecule is CN=C(NCc1ccccc1[N+](=O)[O-])N1CCN(c2ccc(F)cc2)CC1. The highest BCUT2D eigenvalue weighted by molar-refractivity contribution is 5.80. The zero-order chi connectivity index (χ0) is 19.2. The van der Waals surface area contributed by atoms with Gasteiger partial charge in [-0.3, -0.25) is 15.1 Å². The van der Waals surface area contributed by atoms with Crippen LogP contribution >= 0.6 is 0 Å². The van der Waals surface area contributed by atoms with E-state index in [0.29, 0.717) is 18.1 Å². The molecule has 0 spiro atoms. The van der Waals surface area contributed by atoms with Gasteiger partial charge in [-0.15, -0.1) is 0 Å². The highest BCUT2D eigenvalue weighted by atomic mass is 19.1. The Hall–Kier alpha value is -3.16. The van der Waals surface area contributed by atoms with Crippen molar-refractivity contribution in [1.82, 2.24) is 10.2 Å². The third-order valence-corrected chi connectivity index (χ3v) is 4.61. The number of piperazine rings is 1. The molecule has 1 saturated heterocycles. The molecule has 2 aromatic rings. The average Bonchev–Trinajstić information content (AvgIpc) is 2.70. The van der Waals surface area contributed by atoms with Crippen molar-refractivity contribution >= 4 is 17.3 Å². The van der Waals surface area contributed by atoms with E-state index in [4.69, 9.17) is 0 Å². The Kier molecular flexibility index (Phi) is 5.85. The van der Waals surface area contributed by atoms with Gasteiger partial charge >= 0.3 is 0 Å². The molecule has 1 N–H and O–H groups in total. The summed E-state index contributed by atoms with van der Waals surface area (Å²) in [6.07, 6.45) is 0. The topological polar surface area (TPSA) is 74.0 Å². The number of rotatable bonds is 4. The molecule has 1 heterocycles. The monoisotopic (exact) mass is 371 g/mol. The van der Waals surface area contributed by atoms with Gasteiger partial charge in [0.2, 0.25) is 0 Å².